The van der Waals surface area contributed by atoms with Crippen LogP contribution in [0.5, 0.6) is 0 Å². The normalized spacial score (nSPS) is 11.7. The summed E-state index contributed by atoms with van der Waals surface area (Å²) >= 11 is 1.58. The van der Waals surface area contributed by atoms with Crippen LogP contribution < -0.4 is 0 Å². The summed E-state index contributed by atoms with van der Waals surface area (Å²) in [5.74, 6) is 1.36. The molecular weight excluding hydrogens is 272 g/mol. The molecule has 0 amide bonds. The van der Waals surface area contributed by atoms with E-state index in [2.05, 4.69) is 22.2 Å². The molecule has 0 aliphatic carbocycles. The molecule has 1 aromatic carbocycles. The van der Waals surface area contributed by atoms with Gasteiger partial charge in [-0.25, -0.2) is 0 Å². The smallest absolute Gasteiger partial charge is 0.235 e. The molecule has 0 fully saturated rings. The van der Waals surface area contributed by atoms with Crippen LogP contribution in [0.15, 0.2) is 34.7 Å². The average Bonchev–Trinajstić information content (AvgIpc) is 3.10. The van der Waals surface area contributed by atoms with Crippen molar-refractivity contribution in [1.29, 1.82) is 0 Å². The highest BCUT2D eigenvalue weighted by atomic mass is 32.1. The van der Waals surface area contributed by atoms with E-state index in [-0.39, 0.29) is 0 Å². The van der Waals surface area contributed by atoms with Gasteiger partial charge >= 0.3 is 0 Å². The zero-order valence-electron chi connectivity index (χ0n) is 10.9. The fourth-order valence-electron chi connectivity index (χ4n) is 2.22. The Balaban J connectivity index is 1.88. The number of furan rings is 1. The van der Waals surface area contributed by atoms with Crippen molar-refractivity contribution in [3.05, 3.63) is 35.3 Å². The predicted molar refractivity (Wildman–Crippen MR) is 77.9 cm³/mol. The molecule has 0 N–H and O–H groups in total. The van der Waals surface area contributed by atoms with Gasteiger partial charge in [-0.15, -0.1) is 10.2 Å². The molecule has 0 saturated heterocycles. The molecule has 3 heterocycles. The maximum absolute atomic E-state index is 5.83. The highest BCUT2D eigenvalue weighted by Crippen LogP contribution is 2.27. The lowest BCUT2D eigenvalue weighted by atomic mass is 10.2. The Morgan fingerprint density at radius 3 is 3.00 bits per heavy atom. The van der Waals surface area contributed by atoms with Crippen molar-refractivity contribution in [1.82, 2.24) is 19.8 Å². The van der Waals surface area contributed by atoms with Gasteiger partial charge < -0.3 is 4.42 Å². The van der Waals surface area contributed by atoms with Crippen molar-refractivity contribution in [3.8, 4) is 11.6 Å². The van der Waals surface area contributed by atoms with Gasteiger partial charge in [0.1, 0.15) is 10.6 Å². The number of para-hydroxylation sites is 1. The third-order valence-electron chi connectivity index (χ3n) is 3.14. The van der Waals surface area contributed by atoms with Gasteiger partial charge in [0.2, 0.25) is 10.8 Å². The molecule has 0 radical (unpaired) electrons. The minimum atomic E-state index is 0.662. The number of benzene rings is 1. The third kappa shape index (κ3) is 1.72. The van der Waals surface area contributed by atoms with Crippen LogP contribution in [0.25, 0.3) is 27.5 Å². The van der Waals surface area contributed by atoms with E-state index in [9.17, 15) is 0 Å². The van der Waals surface area contributed by atoms with Gasteiger partial charge in [0, 0.05) is 11.8 Å². The summed E-state index contributed by atoms with van der Waals surface area (Å²) in [6, 6.07) is 9.88. The van der Waals surface area contributed by atoms with E-state index in [0.29, 0.717) is 11.6 Å². The van der Waals surface area contributed by atoms with Crippen LogP contribution in [0.2, 0.25) is 0 Å². The zero-order valence-corrected chi connectivity index (χ0v) is 11.7. The summed E-state index contributed by atoms with van der Waals surface area (Å²) in [5.41, 5.74) is 0.850. The summed E-state index contributed by atoms with van der Waals surface area (Å²) in [4.78, 5) is 0.809. The summed E-state index contributed by atoms with van der Waals surface area (Å²) < 4.78 is 7.60. The fraction of sp³-hybridized carbons (Fsp3) is 0.214. The van der Waals surface area contributed by atoms with E-state index in [4.69, 9.17) is 4.42 Å². The standard InChI is InChI=1S/C14H12N4OS/c1-2-5-12-17-18-13(15-16-14(18)20-12)11-8-9-6-3-4-7-10(9)19-11/h3-4,6-8H,2,5H2,1H3. The number of aromatic nitrogens is 4. The molecule has 100 valence electrons. The fourth-order valence-corrected chi connectivity index (χ4v) is 3.15. The molecular formula is C14H12N4OS. The second kappa shape index (κ2) is 4.42. The summed E-state index contributed by atoms with van der Waals surface area (Å²) in [6.45, 7) is 2.14. The third-order valence-corrected chi connectivity index (χ3v) is 4.10. The first-order valence-corrected chi connectivity index (χ1v) is 7.37. The van der Waals surface area contributed by atoms with Gasteiger partial charge in [-0.05, 0) is 18.6 Å². The SMILES string of the molecule is CCCc1nn2c(-c3cc4ccccc4o3)nnc2s1. The largest absolute Gasteiger partial charge is 0.453 e. The Morgan fingerprint density at radius 1 is 1.25 bits per heavy atom. The van der Waals surface area contributed by atoms with Crippen molar-refractivity contribution in [2.45, 2.75) is 19.8 Å². The predicted octanol–water partition coefficient (Wildman–Crippen LogP) is 3.55. The first kappa shape index (κ1) is 11.6. The van der Waals surface area contributed by atoms with Crippen LogP contribution in [0.3, 0.4) is 0 Å². The monoisotopic (exact) mass is 284 g/mol. The van der Waals surface area contributed by atoms with Gasteiger partial charge in [0.15, 0.2) is 5.76 Å². The van der Waals surface area contributed by atoms with E-state index in [1.165, 1.54) is 0 Å². The highest BCUT2D eigenvalue weighted by molar-refractivity contribution is 7.16. The molecule has 3 aromatic heterocycles. The Hall–Kier alpha value is -2.21. The van der Waals surface area contributed by atoms with Crippen LogP contribution >= 0.6 is 11.3 Å². The highest BCUT2D eigenvalue weighted by Gasteiger charge is 2.16. The van der Waals surface area contributed by atoms with Crippen LogP contribution in [0.1, 0.15) is 18.4 Å². The maximum Gasteiger partial charge on any atom is 0.235 e. The molecule has 20 heavy (non-hydrogen) atoms. The number of hydrogen-bond acceptors (Lipinski definition) is 5. The first-order valence-electron chi connectivity index (χ1n) is 6.55. The van der Waals surface area contributed by atoms with E-state index in [1.54, 1.807) is 15.9 Å². The van der Waals surface area contributed by atoms with Gasteiger partial charge in [-0.3, -0.25) is 0 Å². The second-order valence-electron chi connectivity index (χ2n) is 4.61. The van der Waals surface area contributed by atoms with Gasteiger partial charge in [-0.2, -0.15) is 9.61 Å². The molecule has 0 aliphatic rings. The molecule has 0 saturated carbocycles. The topological polar surface area (TPSA) is 56.2 Å². The number of aryl methyl sites for hydroxylation is 1. The molecule has 6 heteroatoms. The Bertz CT molecular complexity index is 856. The molecule has 0 atom stereocenters. The molecule has 4 rings (SSSR count). The summed E-state index contributed by atoms with van der Waals surface area (Å²) in [7, 11) is 0. The Labute approximate surface area is 118 Å². The quantitative estimate of drug-likeness (QED) is 0.577. The number of nitrogens with zero attached hydrogens (tertiary/aromatic N) is 4. The lowest BCUT2D eigenvalue weighted by molar-refractivity contribution is 0.621. The minimum absolute atomic E-state index is 0.662. The van der Waals surface area contributed by atoms with E-state index in [0.717, 1.165) is 33.8 Å². The summed E-state index contributed by atoms with van der Waals surface area (Å²) in [5, 5.41) is 15.1. The number of rotatable bonds is 3. The molecule has 0 aliphatic heterocycles. The average molecular weight is 284 g/mol. The zero-order chi connectivity index (χ0) is 13.5. The molecule has 0 unspecified atom stereocenters. The van der Waals surface area contributed by atoms with E-state index < -0.39 is 0 Å². The summed E-state index contributed by atoms with van der Waals surface area (Å²) in [6.07, 6.45) is 2.04. The van der Waals surface area contributed by atoms with Gasteiger partial charge in [0.05, 0.1) is 0 Å². The van der Waals surface area contributed by atoms with Crippen molar-refractivity contribution in [3.63, 3.8) is 0 Å². The lowest BCUT2D eigenvalue weighted by Crippen LogP contribution is -1.91. The van der Waals surface area contributed by atoms with Crippen LogP contribution in [0, 0.1) is 0 Å². The minimum Gasteiger partial charge on any atom is -0.453 e. The van der Waals surface area contributed by atoms with Crippen LogP contribution in [-0.4, -0.2) is 19.8 Å². The second-order valence-corrected chi connectivity index (χ2v) is 5.65. The van der Waals surface area contributed by atoms with E-state index >= 15 is 0 Å². The number of fused-ring (bicyclic) bond motifs is 2. The maximum atomic E-state index is 5.83. The lowest BCUT2D eigenvalue weighted by Gasteiger charge is -1.90. The van der Waals surface area contributed by atoms with Crippen molar-refractivity contribution < 1.29 is 4.42 Å². The number of hydrogen-bond donors (Lipinski definition) is 0. The molecule has 4 aromatic rings. The molecule has 5 nitrogen and oxygen atoms in total. The first-order chi connectivity index (χ1) is 9.85. The van der Waals surface area contributed by atoms with Crippen molar-refractivity contribution in [2.24, 2.45) is 0 Å². The van der Waals surface area contributed by atoms with Crippen molar-refractivity contribution in [2.75, 3.05) is 0 Å². The van der Waals surface area contributed by atoms with Crippen LogP contribution in [-0.2, 0) is 6.42 Å². The molecule has 0 spiro atoms. The molecule has 0 bridgehead atoms. The van der Waals surface area contributed by atoms with Gasteiger partial charge in [-0.1, -0.05) is 36.5 Å². The van der Waals surface area contributed by atoms with Crippen LogP contribution in [0.4, 0.5) is 0 Å². The van der Waals surface area contributed by atoms with E-state index in [1.807, 2.05) is 30.3 Å². The van der Waals surface area contributed by atoms with Crippen molar-refractivity contribution >= 4 is 27.3 Å². The Morgan fingerprint density at radius 2 is 2.15 bits per heavy atom. The Kier molecular flexibility index (Phi) is 2.56. The van der Waals surface area contributed by atoms with Gasteiger partial charge in [0.25, 0.3) is 0 Å².